The Balaban J connectivity index is 1.99. The standard InChI is InChI=1S/C16H27N3O2S/c1-14(2)18-22(20,21)17-13-16(19-10-6-7-11-19)12-15-8-4-3-5-9-15/h3-5,8-9,14,16-18H,6-7,10-13H2,1-2H3. The zero-order valence-corrected chi connectivity index (χ0v) is 14.3. The van der Waals surface area contributed by atoms with E-state index < -0.39 is 10.2 Å². The van der Waals surface area contributed by atoms with E-state index in [0.29, 0.717) is 6.54 Å². The van der Waals surface area contributed by atoms with E-state index in [9.17, 15) is 8.42 Å². The Morgan fingerprint density at radius 1 is 1.14 bits per heavy atom. The maximum atomic E-state index is 12.0. The molecule has 5 nitrogen and oxygen atoms in total. The monoisotopic (exact) mass is 325 g/mol. The van der Waals surface area contributed by atoms with Crippen LogP contribution in [0.2, 0.25) is 0 Å². The number of nitrogens with one attached hydrogen (secondary N) is 2. The molecule has 1 heterocycles. The highest BCUT2D eigenvalue weighted by atomic mass is 32.2. The third-order valence-corrected chi connectivity index (χ3v) is 5.20. The van der Waals surface area contributed by atoms with Crippen molar-refractivity contribution in [2.75, 3.05) is 19.6 Å². The molecule has 1 atom stereocenters. The molecule has 6 heteroatoms. The summed E-state index contributed by atoms with van der Waals surface area (Å²) in [6.07, 6.45) is 3.26. The van der Waals surface area contributed by atoms with Gasteiger partial charge in [0.1, 0.15) is 0 Å². The lowest BCUT2D eigenvalue weighted by Crippen LogP contribution is -2.48. The van der Waals surface area contributed by atoms with Gasteiger partial charge in [0.25, 0.3) is 10.2 Å². The topological polar surface area (TPSA) is 61.4 Å². The normalized spacial score (nSPS) is 18.0. The molecular weight excluding hydrogens is 298 g/mol. The molecule has 124 valence electrons. The maximum absolute atomic E-state index is 12.0. The minimum Gasteiger partial charge on any atom is -0.299 e. The van der Waals surface area contributed by atoms with Gasteiger partial charge in [0, 0.05) is 18.6 Å². The fraction of sp³-hybridized carbons (Fsp3) is 0.625. The van der Waals surface area contributed by atoms with Gasteiger partial charge in [-0.1, -0.05) is 30.3 Å². The molecule has 1 aliphatic heterocycles. The number of likely N-dealkylation sites (tertiary alicyclic amines) is 1. The van der Waals surface area contributed by atoms with Crippen molar-refractivity contribution in [1.29, 1.82) is 0 Å². The molecule has 22 heavy (non-hydrogen) atoms. The number of hydrogen-bond donors (Lipinski definition) is 2. The summed E-state index contributed by atoms with van der Waals surface area (Å²) in [4.78, 5) is 2.39. The average molecular weight is 325 g/mol. The van der Waals surface area contributed by atoms with E-state index in [1.54, 1.807) is 0 Å². The number of hydrogen-bond acceptors (Lipinski definition) is 3. The van der Waals surface area contributed by atoms with Gasteiger partial charge >= 0.3 is 0 Å². The highest BCUT2D eigenvalue weighted by Crippen LogP contribution is 2.15. The highest BCUT2D eigenvalue weighted by Gasteiger charge is 2.24. The predicted octanol–water partition coefficient (Wildman–Crippen LogP) is 1.53. The Bertz CT molecular complexity index is 540. The van der Waals surface area contributed by atoms with E-state index >= 15 is 0 Å². The minimum absolute atomic E-state index is 0.100. The van der Waals surface area contributed by atoms with Crippen molar-refractivity contribution in [2.45, 2.75) is 45.2 Å². The zero-order chi connectivity index (χ0) is 16.0. The molecule has 1 fully saturated rings. The van der Waals surface area contributed by atoms with E-state index in [4.69, 9.17) is 0 Å². The quantitative estimate of drug-likeness (QED) is 0.762. The summed E-state index contributed by atoms with van der Waals surface area (Å²) >= 11 is 0. The van der Waals surface area contributed by atoms with E-state index in [1.807, 2.05) is 32.0 Å². The molecule has 1 aliphatic rings. The number of benzene rings is 1. The second-order valence-corrected chi connectivity index (χ2v) is 7.74. The molecule has 2 N–H and O–H groups in total. The molecule has 0 radical (unpaired) electrons. The number of rotatable bonds is 8. The maximum Gasteiger partial charge on any atom is 0.277 e. The van der Waals surface area contributed by atoms with Crippen molar-refractivity contribution in [3.8, 4) is 0 Å². The Hall–Kier alpha value is -0.950. The largest absolute Gasteiger partial charge is 0.299 e. The van der Waals surface area contributed by atoms with Crippen molar-refractivity contribution in [3.63, 3.8) is 0 Å². The molecule has 0 saturated carbocycles. The van der Waals surface area contributed by atoms with Gasteiger partial charge in [-0.25, -0.2) is 4.72 Å². The van der Waals surface area contributed by atoms with Crippen molar-refractivity contribution < 1.29 is 8.42 Å². The van der Waals surface area contributed by atoms with Gasteiger partial charge in [0.2, 0.25) is 0 Å². The van der Waals surface area contributed by atoms with Gasteiger partial charge in [-0.05, 0) is 51.8 Å². The van der Waals surface area contributed by atoms with Crippen LogP contribution in [0.4, 0.5) is 0 Å². The average Bonchev–Trinajstić information content (AvgIpc) is 2.97. The summed E-state index contributed by atoms with van der Waals surface area (Å²) in [6.45, 7) is 6.19. The van der Waals surface area contributed by atoms with E-state index in [2.05, 4.69) is 26.5 Å². The van der Waals surface area contributed by atoms with Gasteiger partial charge in [-0.3, -0.25) is 4.90 Å². The Morgan fingerprint density at radius 2 is 1.77 bits per heavy atom. The summed E-state index contributed by atoms with van der Waals surface area (Å²) < 4.78 is 29.2. The second kappa shape index (κ2) is 8.06. The van der Waals surface area contributed by atoms with Crippen molar-refractivity contribution in [2.24, 2.45) is 0 Å². The van der Waals surface area contributed by atoms with Crippen LogP contribution in [0, 0.1) is 0 Å². The van der Waals surface area contributed by atoms with Crippen LogP contribution in [0.25, 0.3) is 0 Å². The molecule has 0 aliphatic carbocycles. The van der Waals surface area contributed by atoms with Gasteiger partial charge in [0.15, 0.2) is 0 Å². The molecule has 0 spiro atoms. The van der Waals surface area contributed by atoms with Gasteiger partial charge in [-0.2, -0.15) is 13.1 Å². The van der Waals surface area contributed by atoms with Gasteiger partial charge in [0.05, 0.1) is 0 Å². The SMILES string of the molecule is CC(C)NS(=O)(=O)NCC(Cc1ccccc1)N1CCCC1. The molecular formula is C16H27N3O2S. The van der Waals surface area contributed by atoms with Crippen LogP contribution < -0.4 is 9.44 Å². The summed E-state index contributed by atoms with van der Waals surface area (Å²) in [7, 11) is -3.42. The van der Waals surface area contributed by atoms with Crippen LogP contribution in [0.3, 0.4) is 0 Å². The van der Waals surface area contributed by atoms with Crippen LogP contribution >= 0.6 is 0 Å². The first-order valence-electron chi connectivity index (χ1n) is 8.01. The molecule has 0 bridgehead atoms. The first-order valence-corrected chi connectivity index (χ1v) is 9.49. The lowest BCUT2D eigenvalue weighted by molar-refractivity contribution is 0.241. The smallest absolute Gasteiger partial charge is 0.277 e. The summed E-state index contributed by atoms with van der Waals surface area (Å²) in [5, 5.41) is 0. The van der Waals surface area contributed by atoms with Gasteiger partial charge < -0.3 is 0 Å². The summed E-state index contributed by atoms with van der Waals surface area (Å²) in [6, 6.07) is 10.4. The van der Waals surface area contributed by atoms with Crippen molar-refractivity contribution >= 4 is 10.2 Å². The van der Waals surface area contributed by atoms with Crippen LogP contribution in [0.15, 0.2) is 30.3 Å². The third kappa shape index (κ3) is 5.68. The fourth-order valence-corrected chi connectivity index (χ4v) is 4.00. The molecule has 0 aromatic heterocycles. The van der Waals surface area contributed by atoms with Crippen LogP contribution in [0.5, 0.6) is 0 Å². The molecule has 2 rings (SSSR count). The van der Waals surface area contributed by atoms with E-state index in [1.165, 1.54) is 18.4 Å². The summed E-state index contributed by atoms with van der Waals surface area (Å²) in [5.74, 6) is 0. The number of nitrogens with zero attached hydrogens (tertiary/aromatic N) is 1. The molecule has 1 aromatic carbocycles. The molecule has 1 unspecified atom stereocenters. The van der Waals surface area contributed by atoms with Crippen LogP contribution in [0.1, 0.15) is 32.3 Å². The first-order chi connectivity index (χ1) is 10.5. The second-order valence-electron chi connectivity index (χ2n) is 6.21. The lowest BCUT2D eigenvalue weighted by atomic mass is 10.1. The zero-order valence-electron chi connectivity index (χ0n) is 13.5. The highest BCUT2D eigenvalue weighted by molar-refractivity contribution is 7.87. The predicted molar refractivity (Wildman–Crippen MR) is 89.9 cm³/mol. The Labute approximate surface area is 134 Å². The van der Waals surface area contributed by atoms with Crippen molar-refractivity contribution in [3.05, 3.63) is 35.9 Å². The van der Waals surface area contributed by atoms with Crippen molar-refractivity contribution in [1.82, 2.24) is 14.3 Å². The first kappa shape index (κ1) is 17.4. The minimum atomic E-state index is -3.42. The molecule has 1 aromatic rings. The van der Waals surface area contributed by atoms with E-state index in [-0.39, 0.29) is 12.1 Å². The lowest BCUT2D eigenvalue weighted by Gasteiger charge is -2.28. The van der Waals surface area contributed by atoms with E-state index in [0.717, 1.165) is 19.5 Å². The molecule has 0 amide bonds. The fourth-order valence-electron chi connectivity index (χ4n) is 2.88. The Kier molecular flexibility index (Phi) is 6.37. The van der Waals surface area contributed by atoms with Crippen LogP contribution in [-0.4, -0.2) is 45.0 Å². The summed E-state index contributed by atoms with van der Waals surface area (Å²) in [5.41, 5.74) is 1.25. The van der Waals surface area contributed by atoms with Crippen LogP contribution in [-0.2, 0) is 16.6 Å². The third-order valence-electron chi connectivity index (χ3n) is 3.87. The molecule has 1 saturated heterocycles. The van der Waals surface area contributed by atoms with Gasteiger partial charge in [-0.15, -0.1) is 0 Å². The Morgan fingerprint density at radius 3 is 2.36 bits per heavy atom.